The molecule has 0 spiro atoms. The summed E-state index contributed by atoms with van der Waals surface area (Å²) in [6.45, 7) is 15.4. The van der Waals surface area contributed by atoms with Gasteiger partial charge in [-0.05, 0) is 58.9 Å². The van der Waals surface area contributed by atoms with Crippen molar-refractivity contribution in [2.24, 2.45) is 5.41 Å². The van der Waals surface area contributed by atoms with Crippen LogP contribution in [0.15, 0.2) is 97.1 Å². The molecule has 0 amide bonds. The molecule has 0 N–H and O–H groups in total. The van der Waals surface area contributed by atoms with Crippen LogP contribution in [-0.2, 0) is 24.8 Å². The van der Waals surface area contributed by atoms with Gasteiger partial charge in [0.25, 0.3) is 0 Å². The van der Waals surface area contributed by atoms with Crippen molar-refractivity contribution >= 4 is 19.5 Å². The van der Waals surface area contributed by atoms with Crippen molar-refractivity contribution in [3.8, 4) is 22.3 Å². The first-order chi connectivity index (χ1) is 19.7. The third kappa shape index (κ3) is 8.84. The summed E-state index contributed by atoms with van der Waals surface area (Å²) in [5.41, 5.74) is 8.47. The Balaban J connectivity index is 0.000000279. The summed E-state index contributed by atoms with van der Waals surface area (Å²) in [5, 5.41) is 0.840. The Morgan fingerprint density at radius 1 is 0.683 bits per heavy atom. The zero-order valence-electron chi connectivity index (χ0n) is 25.6. The molecule has 5 rings (SSSR count). The molecule has 0 bridgehead atoms. The van der Waals surface area contributed by atoms with E-state index < -0.39 is 7.37 Å². The quantitative estimate of drug-likeness (QED) is 0.216. The standard InChI is InChI=1S/C19H23O3P.C14H14.C2H6.CH2O/c1-19(2,13-21-3)14-22-23(20)12-15-8-4-5-9-16(15)17-10-6-7-11-18(17)23;1-11-7-3-5-9-13(11)14-10-6-4-8-12(14)2;2*1-2/h4-11H,12-14H2,1-3H3;3-10H,1-2H3;1-2H3;1H2. The monoisotopic (exact) mass is 572 g/mol. The zero-order valence-corrected chi connectivity index (χ0v) is 26.5. The molecule has 4 aromatic carbocycles. The Kier molecular flexibility index (Phi) is 13.4. The molecule has 41 heavy (non-hydrogen) atoms. The minimum Gasteiger partial charge on any atom is -0.384 e. The number of ether oxygens (including phenoxy) is 1. The lowest BCUT2D eigenvalue weighted by Gasteiger charge is -2.31. The second kappa shape index (κ2) is 16.2. The lowest BCUT2D eigenvalue weighted by Crippen LogP contribution is -2.27. The largest absolute Gasteiger partial charge is 0.384 e. The van der Waals surface area contributed by atoms with Gasteiger partial charge in [0.15, 0.2) is 0 Å². The van der Waals surface area contributed by atoms with E-state index in [0.29, 0.717) is 19.4 Å². The summed E-state index contributed by atoms with van der Waals surface area (Å²) >= 11 is 0. The number of rotatable bonds is 6. The first-order valence-electron chi connectivity index (χ1n) is 14.0. The molecule has 0 saturated heterocycles. The maximum absolute atomic E-state index is 13.6. The van der Waals surface area contributed by atoms with Crippen LogP contribution < -0.4 is 5.30 Å². The molecule has 1 heterocycles. The summed E-state index contributed by atoms with van der Waals surface area (Å²) in [4.78, 5) is 8.00. The number of aryl methyl sites for hydroxylation is 2. The van der Waals surface area contributed by atoms with Crippen molar-refractivity contribution in [3.05, 3.63) is 114 Å². The van der Waals surface area contributed by atoms with Crippen LogP contribution in [0.5, 0.6) is 0 Å². The third-order valence-electron chi connectivity index (χ3n) is 6.74. The SMILES string of the molecule is C=O.CC.COCC(C)(C)COP1(=O)Cc2ccccc2-c2ccccc21.Cc1ccccc1-c1ccccc1C. The molecule has 0 aromatic heterocycles. The number of fused-ring (bicyclic) bond motifs is 3. The van der Waals surface area contributed by atoms with Crippen molar-refractivity contribution in [2.75, 3.05) is 20.3 Å². The molecule has 0 fully saturated rings. The molecule has 1 atom stereocenters. The molecule has 1 unspecified atom stereocenters. The van der Waals surface area contributed by atoms with Crippen molar-refractivity contribution in [3.63, 3.8) is 0 Å². The van der Waals surface area contributed by atoms with E-state index in [1.807, 2.05) is 63.1 Å². The lowest BCUT2D eigenvalue weighted by atomic mass is 9.97. The van der Waals surface area contributed by atoms with Crippen molar-refractivity contribution in [1.29, 1.82) is 0 Å². The highest BCUT2D eigenvalue weighted by Crippen LogP contribution is 2.56. The van der Waals surface area contributed by atoms with E-state index in [2.05, 4.69) is 82.3 Å². The predicted octanol–water partition coefficient (Wildman–Crippen LogP) is 9.27. The third-order valence-corrected chi connectivity index (χ3v) is 9.16. The van der Waals surface area contributed by atoms with Gasteiger partial charge < -0.3 is 14.1 Å². The first kappa shape index (κ1) is 33.9. The van der Waals surface area contributed by atoms with Crippen LogP contribution in [0.25, 0.3) is 22.3 Å². The fraction of sp³-hybridized carbons (Fsp3) is 0.306. The van der Waals surface area contributed by atoms with Gasteiger partial charge in [-0.15, -0.1) is 0 Å². The summed E-state index contributed by atoms with van der Waals surface area (Å²) in [7, 11) is -1.23. The highest BCUT2D eigenvalue weighted by Gasteiger charge is 2.36. The van der Waals surface area contributed by atoms with Crippen LogP contribution in [0, 0.1) is 19.3 Å². The molecule has 5 heteroatoms. The van der Waals surface area contributed by atoms with Crippen molar-refractivity contribution < 1.29 is 18.6 Å². The maximum Gasteiger partial charge on any atom is 0.237 e. The Labute approximate surface area is 247 Å². The van der Waals surface area contributed by atoms with Gasteiger partial charge in [0.05, 0.1) is 19.4 Å². The lowest BCUT2D eigenvalue weighted by molar-refractivity contribution is -0.0980. The molecule has 4 nitrogen and oxygen atoms in total. The van der Waals surface area contributed by atoms with Gasteiger partial charge in [-0.1, -0.05) is 119 Å². The predicted molar refractivity (Wildman–Crippen MR) is 174 cm³/mol. The number of methoxy groups -OCH3 is 1. The average Bonchev–Trinajstić information content (AvgIpc) is 3.00. The van der Waals surface area contributed by atoms with Gasteiger partial charge in [0.2, 0.25) is 7.37 Å². The summed E-state index contributed by atoms with van der Waals surface area (Å²) in [5.74, 6) is 0. The maximum atomic E-state index is 13.6. The fourth-order valence-corrected chi connectivity index (χ4v) is 7.36. The molecule has 1 aliphatic heterocycles. The van der Waals surface area contributed by atoms with Crippen LogP contribution in [0.1, 0.15) is 44.4 Å². The van der Waals surface area contributed by atoms with Crippen LogP contribution in [0.4, 0.5) is 0 Å². The van der Waals surface area contributed by atoms with E-state index in [1.165, 1.54) is 22.3 Å². The summed E-state index contributed by atoms with van der Waals surface area (Å²) < 4.78 is 24.9. The second-order valence-corrected chi connectivity index (χ2v) is 12.9. The van der Waals surface area contributed by atoms with Gasteiger partial charge in [-0.25, -0.2) is 0 Å². The number of hydrogen-bond acceptors (Lipinski definition) is 4. The normalized spacial score (nSPS) is 14.9. The Morgan fingerprint density at radius 2 is 1.12 bits per heavy atom. The van der Waals surface area contributed by atoms with E-state index in [-0.39, 0.29) is 5.41 Å². The van der Waals surface area contributed by atoms with E-state index in [0.717, 1.165) is 22.0 Å². The Hall–Kier alpha value is -3.30. The molecule has 0 saturated carbocycles. The zero-order chi connectivity index (χ0) is 30.5. The minimum atomic E-state index is -2.91. The number of carbonyl (C=O) groups excluding carboxylic acids is 1. The minimum absolute atomic E-state index is 0.169. The second-order valence-electron chi connectivity index (χ2n) is 10.5. The molecule has 218 valence electrons. The summed E-state index contributed by atoms with van der Waals surface area (Å²) in [6.07, 6.45) is 0.462. The Morgan fingerprint density at radius 3 is 1.63 bits per heavy atom. The van der Waals surface area contributed by atoms with Crippen LogP contribution in [0.3, 0.4) is 0 Å². The fourth-order valence-electron chi connectivity index (χ4n) is 4.81. The van der Waals surface area contributed by atoms with E-state index in [9.17, 15) is 4.57 Å². The Bertz CT molecular complexity index is 1380. The number of hydrogen-bond donors (Lipinski definition) is 0. The van der Waals surface area contributed by atoms with Crippen molar-refractivity contribution in [2.45, 2.75) is 47.7 Å². The van der Waals surface area contributed by atoms with E-state index in [4.69, 9.17) is 14.1 Å². The average molecular weight is 573 g/mol. The van der Waals surface area contributed by atoms with E-state index >= 15 is 0 Å². The smallest absolute Gasteiger partial charge is 0.237 e. The van der Waals surface area contributed by atoms with Gasteiger partial charge in [-0.3, -0.25) is 4.57 Å². The molecular weight excluding hydrogens is 527 g/mol. The van der Waals surface area contributed by atoms with Crippen LogP contribution in [-0.4, -0.2) is 27.1 Å². The number of benzene rings is 4. The molecule has 0 radical (unpaired) electrons. The van der Waals surface area contributed by atoms with Crippen LogP contribution in [0.2, 0.25) is 0 Å². The first-order valence-corrected chi connectivity index (χ1v) is 15.9. The van der Waals surface area contributed by atoms with Gasteiger partial charge in [0, 0.05) is 17.8 Å². The van der Waals surface area contributed by atoms with Gasteiger partial charge >= 0.3 is 0 Å². The number of carbonyl (C=O) groups is 1. The van der Waals surface area contributed by atoms with Gasteiger partial charge in [0.1, 0.15) is 6.79 Å². The topological polar surface area (TPSA) is 52.6 Å². The van der Waals surface area contributed by atoms with Crippen LogP contribution >= 0.6 is 7.37 Å². The molecular formula is C36H45O4P. The summed E-state index contributed by atoms with van der Waals surface area (Å²) in [6, 6.07) is 33.0. The molecule has 0 aliphatic carbocycles. The van der Waals surface area contributed by atoms with Gasteiger partial charge in [-0.2, -0.15) is 0 Å². The highest BCUT2D eigenvalue weighted by atomic mass is 31.2. The van der Waals surface area contributed by atoms with E-state index in [1.54, 1.807) is 7.11 Å². The van der Waals surface area contributed by atoms with Crippen molar-refractivity contribution in [1.82, 2.24) is 0 Å². The molecule has 1 aliphatic rings. The molecule has 4 aromatic rings. The highest BCUT2D eigenvalue weighted by molar-refractivity contribution is 7.66.